The average molecular weight is 320 g/mol. The first kappa shape index (κ1) is 15.2. The van der Waals surface area contributed by atoms with E-state index in [4.69, 9.17) is 4.42 Å². The molecule has 3 heterocycles. The van der Waals surface area contributed by atoms with Gasteiger partial charge in [0.05, 0.1) is 22.2 Å². The van der Waals surface area contributed by atoms with Gasteiger partial charge in [-0.05, 0) is 39.7 Å². The summed E-state index contributed by atoms with van der Waals surface area (Å²) in [6.45, 7) is 6.11. The molecular formula is C16H20N2O3S. The highest BCUT2D eigenvalue weighted by molar-refractivity contribution is 7.09. The highest BCUT2D eigenvalue weighted by Crippen LogP contribution is 2.30. The number of nitrogens with zero attached hydrogens (tertiary/aromatic N) is 2. The number of amides is 1. The lowest BCUT2D eigenvalue weighted by Crippen LogP contribution is -2.48. The van der Waals surface area contributed by atoms with E-state index < -0.39 is 5.60 Å². The Hall–Kier alpha value is -1.66. The van der Waals surface area contributed by atoms with Crippen LogP contribution in [0, 0.1) is 6.92 Å². The summed E-state index contributed by atoms with van der Waals surface area (Å²) in [5.74, 6) is 0.512. The highest BCUT2D eigenvalue weighted by atomic mass is 32.1. The Bertz CT molecular complexity index is 684. The van der Waals surface area contributed by atoms with Crippen LogP contribution in [0.15, 0.2) is 22.1 Å². The summed E-state index contributed by atoms with van der Waals surface area (Å²) < 4.78 is 5.50. The molecule has 5 nitrogen and oxygen atoms in total. The first-order chi connectivity index (χ1) is 10.4. The molecule has 0 spiro atoms. The Labute approximate surface area is 133 Å². The van der Waals surface area contributed by atoms with Crippen LogP contribution >= 0.6 is 11.3 Å². The summed E-state index contributed by atoms with van der Waals surface area (Å²) >= 11 is 1.55. The topological polar surface area (TPSA) is 66.6 Å². The molecule has 1 amide bonds. The third-order valence-corrected chi connectivity index (χ3v) is 4.82. The number of rotatable bonds is 3. The van der Waals surface area contributed by atoms with Gasteiger partial charge < -0.3 is 14.4 Å². The normalized spacial score (nSPS) is 18.9. The van der Waals surface area contributed by atoms with Crippen LogP contribution in [0.5, 0.6) is 0 Å². The van der Waals surface area contributed by atoms with E-state index >= 15 is 0 Å². The fourth-order valence-corrected chi connectivity index (χ4v) is 3.57. The van der Waals surface area contributed by atoms with Gasteiger partial charge in [-0.25, -0.2) is 4.98 Å². The largest absolute Gasteiger partial charge is 0.462 e. The number of carbonyl (C=O) groups excluding carboxylic acids is 1. The van der Waals surface area contributed by atoms with Crippen LogP contribution in [0.25, 0.3) is 11.5 Å². The molecule has 1 aliphatic heterocycles. The summed E-state index contributed by atoms with van der Waals surface area (Å²) in [6, 6.07) is 1.58. The third-order valence-electron chi connectivity index (χ3n) is 4.05. The van der Waals surface area contributed by atoms with Gasteiger partial charge in [-0.2, -0.15) is 0 Å². The number of carbonyl (C=O) groups is 1. The minimum Gasteiger partial charge on any atom is -0.462 e. The van der Waals surface area contributed by atoms with Crippen molar-refractivity contribution in [3.63, 3.8) is 0 Å². The molecular weight excluding hydrogens is 300 g/mol. The van der Waals surface area contributed by atoms with Crippen LogP contribution in [0.2, 0.25) is 0 Å². The molecule has 0 saturated carbocycles. The SMILES string of the molecule is Cc1nc(-c2cc(C(=O)N3CCCC3C(C)(C)O)co2)cs1. The van der Waals surface area contributed by atoms with Crippen molar-refractivity contribution in [2.45, 2.75) is 45.3 Å². The van der Waals surface area contributed by atoms with Gasteiger partial charge in [-0.15, -0.1) is 11.3 Å². The van der Waals surface area contributed by atoms with Gasteiger partial charge in [0.25, 0.3) is 5.91 Å². The van der Waals surface area contributed by atoms with E-state index in [2.05, 4.69) is 4.98 Å². The average Bonchev–Trinajstić information content (AvgIpc) is 3.16. The molecule has 3 rings (SSSR count). The maximum atomic E-state index is 12.7. The molecule has 118 valence electrons. The second-order valence-electron chi connectivity index (χ2n) is 6.26. The maximum Gasteiger partial charge on any atom is 0.257 e. The third kappa shape index (κ3) is 2.80. The van der Waals surface area contributed by atoms with Crippen molar-refractivity contribution in [1.82, 2.24) is 9.88 Å². The first-order valence-corrected chi connectivity index (χ1v) is 8.28. The Kier molecular flexibility index (Phi) is 3.82. The molecule has 0 bridgehead atoms. The molecule has 1 unspecified atom stereocenters. The Morgan fingerprint density at radius 3 is 2.95 bits per heavy atom. The van der Waals surface area contributed by atoms with Crippen molar-refractivity contribution >= 4 is 17.2 Å². The summed E-state index contributed by atoms with van der Waals surface area (Å²) in [5.41, 5.74) is 0.365. The lowest BCUT2D eigenvalue weighted by Gasteiger charge is -2.33. The number of aryl methyl sites for hydroxylation is 1. The molecule has 1 atom stereocenters. The van der Waals surface area contributed by atoms with Crippen molar-refractivity contribution in [2.24, 2.45) is 0 Å². The van der Waals surface area contributed by atoms with E-state index in [1.54, 1.807) is 36.2 Å². The number of hydrogen-bond donors (Lipinski definition) is 1. The second-order valence-corrected chi connectivity index (χ2v) is 7.32. The van der Waals surface area contributed by atoms with Crippen LogP contribution < -0.4 is 0 Å². The first-order valence-electron chi connectivity index (χ1n) is 7.40. The zero-order chi connectivity index (χ0) is 15.9. The molecule has 6 heteroatoms. The number of furan rings is 1. The second kappa shape index (κ2) is 5.52. The molecule has 2 aromatic heterocycles. The molecule has 2 aromatic rings. The maximum absolute atomic E-state index is 12.7. The van der Waals surface area contributed by atoms with Gasteiger partial charge in [0.2, 0.25) is 0 Å². The van der Waals surface area contributed by atoms with Gasteiger partial charge in [-0.1, -0.05) is 0 Å². The Morgan fingerprint density at radius 2 is 2.32 bits per heavy atom. The van der Waals surface area contributed by atoms with E-state index in [0.29, 0.717) is 17.9 Å². The van der Waals surface area contributed by atoms with Gasteiger partial charge in [-0.3, -0.25) is 4.79 Å². The van der Waals surface area contributed by atoms with E-state index in [1.807, 2.05) is 12.3 Å². The summed E-state index contributed by atoms with van der Waals surface area (Å²) in [4.78, 5) is 18.8. The monoisotopic (exact) mass is 320 g/mol. The van der Waals surface area contributed by atoms with Crippen molar-refractivity contribution < 1.29 is 14.3 Å². The minimum absolute atomic E-state index is 0.0911. The summed E-state index contributed by atoms with van der Waals surface area (Å²) in [6.07, 6.45) is 3.22. The number of likely N-dealkylation sites (tertiary alicyclic amines) is 1. The molecule has 0 radical (unpaired) electrons. The van der Waals surface area contributed by atoms with E-state index in [1.165, 1.54) is 6.26 Å². The standard InChI is InChI=1S/C16H20N2O3S/c1-10-17-12(9-22-10)13-7-11(8-21-13)15(19)18-6-4-5-14(18)16(2,3)20/h7-9,14,20H,4-6H2,1-3H3. The molecule has 1 N–H and O–H groups in total. The minimum atomic E-state index is -0.898. The zero-order valence-corrected chi connectivity index (χ0v) is 13.8. The van der Waals surface area contributed by atoms with Crippen molar-refractivity contribution in [1.29, 1.82) is 0 Å². The number of aromatic nitrogens is 1. The van der Waals surface area contributed by atoms with Crippen LogP contribution in [0.1, 0.15) is 42.1 Å². The lowest BCUT2D eigenvalue weighted by atomic mass is 9.96. The van der Waals surface area contributed by atoms with Gasteiger partial charge in [0, 0.05) is 11.9 Å². The smallest absolute Gasteiger partial charge is 0.257 e. The zero-order valence-electron chi connectivity index (χ0n) is 13.0. The predicted octanol–water partition coefficient (Wildman–Crippen LogP) is 3.09. The van der Waals surface area contributed by atoms with Crippen LogP contribution in [0.4, 0.5) is 0 Å². The van der Waals surface area contributed by atoms with Crippen molar-refractivity contribution in [3.8, 4) is 11.5 Å². The van der Waals surface area contributed by atoms with Crippen LogP contribution in [-0.2, 0) is 0 Å². The predicted molar refractivity (Wildman–Crippen MR) is 84.9 cm³/mol. The van der Waals surface area contributed by atoms with E-state index in [0.717, 1.165) is 23.5 Å². The molecule has 0 aliphatic carbocycles. The number of thiazole rings is 1. The van der Waals surface area contributed by atoms with E-state index in [9.17, 15) is 9.90 Å². The van der Waals surface area contributed by atoms with Gasteiger partial charge in [0.1, 0.15) is 12.0 Å². The molecule has 22 heavy (non-hydrogen) atoms. The highest BCUT2D eigenvalue weighted by Gasteiger charge is 2.39. The molecule has 0 aromatic carbocycles. The molecule has 1 fully saturated rings. The lowest BCUT2D eigenvalue weighted by molar-refractivity contribution is 0.000307. The van der Waals surface area contributed by atoms with Crippen molar-refractivity contribution in [3.05, 3.63) is 28.3 Å². The Morgan fingerprint density at radius 1 is 1.55 bits per heavy atom. The van der Waals surface area contributed by atoms with Gasteiger partial charge >= 0.3 is 0 Å². The molecule has 1 aliphatic rings. The quantitative estimate of drug-likeness (QED) is 0.944. The fourth-order valence-electron chi connectivity index (χ4n) is 2.97. The number of hydrogen-bond acceptors (Lipinski definition) is 5. The van der Waals surface area contributed by atoms with Gasteiger partial charge in [0.15, 0.2) is 5.76 Å². The van der Waals surface area contributed by atoms with Crippen molar-refractivity contribution in [2.75, 3.05) is 6.54 Å². The van der Waals surface area contributed by atoms with Crippen LogP contribution in [-0.4, -0.2) is 39.1 Å². The summed E-state index contributed by atoms with van der Waals surface area (Å²) in [7, 11) is 0. The fraction of sp³-hybridized carbons (Fsp3) is 0.500. The summed E-state index contributed by atoms with van der Waals surface area (Å²) in [5, 5.41) is 13.1. The number of aliphatic hydroxyl groups is 1. The molecule has 1 saturated heterocycles. The van der Waals surface area contributed by atoms with Crippen LogP contribution in [0.3, 0.4) is 0 Å². The Balaban J connectivity index is 1.82. The van der Waals surface area contributed by atoms with E-state index in [-0.39, 0.29) is 11.9 Å².